The van der Waals surface area contributed by atoms with Gasteiger partial charge in [0.15, 0.2) is 0 Å². The largest absolute Gasteiger partial charge is 0.442 e. The maximum absolute atomic E-state index is 11.4. The van der Waals surface area contributed by atoms with Crippen LogP contribution in [-0.2, 0) is 11.2 Å². The van der Waals surface area contributed by atoms with Gasteiger partial charge in [0.05, 0.1) is 6.61 Å². The molecule has 0 bridgehead atoms. The van der Waals surface area contributed by atoms with Gasteiger partial charge in [-0.2, -0.15) is 4.99 Å². The number of hydrogen-bond donors (Lipinski definition) is 1. The van der Waals surface area contributed by atoms with Crippen LogP contribution in [-0.4, -0.2) is 29.6 Å². The molecule has 0 radical (unpaired) electrons. The fourth-order valence-electron chi connectivity index (χ4n) is 1.54. The molecule has 0 saturated heterocycles. The Labute approximate surface area is 114 Å². The molecule has 0 spiro atoms. The number of carbonyl (C=O) groups excluding carboxylic acids is 1. The summed E-state index contributed by atoms with van der Waals surface area (Å²) in [6.45, 7) is 5.30. The lowest BCUT2D eigenvalue weighted by atomic mass is 10.0. The Hall–Kier alpha value is -1.68. The number of hydrogen-bond acceptors (Lipinski definition) is 3. The third kappa shape index (κ3) is 6.72. The number of nitrogens with zero attached hydrogens (tertiary/aromatic N) is 1. The van der Waals surface area contributed by atoms with Crippen molar-refractivity contribution >= 4 is 12.3 Å². The minimum atomic E-state index is -0.626. The smallest absolute Gasteiger partial charge is 0.433 e. The SMILES string of the molecule is CC(C)(C)OC(=O)N=C[C@H](CO)Cc1ccccc1. The maximum atomic E-state index is 11.4. The van der Waals surface area contributed by atoms with Gasteiger partial charge < -0.3 is 9.84 Å². The van der Waals surface area contributed by atoms with Gasteiger partial charge in [0, 0.05) is 12.1 Å². The Kier molecular flexibility index (Phi) is 5.70. The van der Waals surface area contributed by atoms with Gasteiger partial charge in [-0.25, -0.2) is 4.79 Å². The first-order valence-corrected chi connectivity index (χ1v) is 6.32. The van der Waals surface area contributed by atoms with Gasteiger partial charge in [-0.15, -0.1) is 0 Å². The van der Waals surface area contributed by atoms with Crippen molar-refractivity contribution in [2.75, 3.05) is 6.61 Å². The van der Waals surface area contributed by atoms with Gasteiger partial charge in [-0.3, -0.25) is 0 Å². The topological polar surface area (TPSA) is 58.9 Å². The third-order valence-corrected chi connectivity index (χ3v) is 2.36. The van der Waals surface area contributed by atoms with E-state index in [0.717, 1.165) is 5.56 Å². The second kappa shape index (κ2) is 7.04. The Morgan fingerprint density at radius 3 is 2.53 bits per heavy atom. The van der Waals surface area contributed by atoms with E-state index in [1.165, 1.54) is 6.21 Å². The summed E-state index contributed by atoms with van der Waals surface area (Å²) in [5.74, 6) is -0.185. The van der Waals surface area contributed by atoms with Crippen molar-refractivity contribution in [3.05, 3.63) is 35.9 Å². The van der Waals surface area contributed by atoms with Crippen LogP contribution in [0.25, 0.3) is 0 Å². The number of aliphatic hydroxyl groups is 1. The van der Waals surface area contributed by atoms with Crippen LogP contribution in [0, 0.1) is 5.92 Å². The molecule has 0 fully saturated rings. The predicted octanol–water partition coefficient (Wildman–Crippen LogP) is 2.84. The molecule has 1 atom stereocenters. The van der Waals surface area contributed by atoms with E-state index in [-0.39, 0.29) is 12.5 Å². The molecule has 104 valence electrons. The van der Waals surface area contributed by atoms with E-state index in [9.17, 15) is 9.90 Å². The summed E-state index contributed by atoms with van der Waals surface area (Å²) in [6.07, 6.45) is 1.48. The molecule has 0 saturated carbocycles. The van der Waals surface area contributed by atoms with Gasteiger partial charge in [-0.05, 0) is 32.8 Å². The van der Waals surface area contributed by atoms with E-state index < -0.39 is 11.7 Å². The average molecular weight is 263 g/mol. The Bertz CT molecular complexity index is 421. The van der Waals surface area contributed by atoms with E-state index in [2.05, 4.69) is 4.99 Å². The van der Waals surface area contributed by atoms with Crippen molar-refractivity contribution in [2.45, 2.75) is 32.8 Å². The number of amides is 1. The molecule has 0 aliphatic rings. The number of rotatable bonds is 4. The lowest BCUT2D eigenvalue weighted by molar-refractivity contribution is 0.0604. The Morgan fingerprint density at radius 2 is 2.00 bits per heavy atom. The van der Waals surface area contributed by atoms with Gasteiger partial charge in [0.25, 0.3) is 0 Å². The first-order valence-electron chi connectivity index (χ1n) is 6.32. The standard InChI is InChI=1S/C15H21NO3/c1-15(2,3)19-14(18)16-10-13(11-17)9-12-7-5-4-6-8-12/h4-8,10,13,17H,9,11H2,1-3H3/t13-/m1/s1. The number of aliphatic imine (C=N–C) groups is 1. The van der Waals surface area contributed by atoms with E-state index in [1.807, 2.05) is 30.3 Å². The second-order valence-corrected chi connectivity index (χ2v) is 5.39. The summed E-state index contributed by atoms with van der Waals surface area (Å²) in [4.78, 5) is 15.2. The van der Waals surface area contributed by atoms with Crippen molar-refractivity contribution in [1.29, 1.82) is 0 Å². The Balaban J connectivity index is 2.55. The van der Waals surface area contributed by atoms with Crippen molar-refractivity contribution in [3.63, 3.8) is 0 Å². The molecule has 1 N–H and O–H groups in total. The highest BCUT2D eigenvalue weighted by Gasteiger charge is 2.15. The average Bonchev–Trinajstić information content (AvgIpc) is 2.33. The fraction of sp³-hybridized carbons (Fsp3) is 0.467. The number of ether oxygens (including phenoxy) is 1. The highest BCUT2D eigenvalue weighted by Crippen LogP contribution is 2.09. The predicted molar refractivity (Wildman–Crippen MR) is 75.4 cm³/mol. The molecule has 0 heterocycles. The summed E-state index contributed by atoms with van der Waals surface area (Å²) in [5, 5.41) is 9.29. The van der Waals surface area contributed by atoms with Crippen LogP contribution < -0.4 is 0 Å². The fourth-order valence-corrected chi connectivity index (χ4v) is 1.54. The summed E-state index contributed by atoms with van der Waals surface area (Å²) in [5.41, 5.74) is 0.542. The van der Waals surface area contributed by atoms with Crippen LogP contribution >= 0.6 is 0 Å². The number of benzene rings is 1. The van der Waals surface area contributed by atoms with Crippen molar-refractivity contribution < 1.29 is 14.6 Å². The van der Waals surface area contributed by atoms with E-state index in [4.69, 9.17) is 4.74 Å². The van der Waals surface area contributed by atoms with Crippen LogP contribution in [0.2, 0.25) is 0 Å². The summed E-state index contributed by atoms with van der Waals surface area (Å²) >= 11 is 0. The van der Waals surface area contributed by atoms with E-state index >= 15 is 0 Å². The number of carbonyl (C=O) groups is 1. The van der Waals surface area contributed by atoms with Crippen molar-refractivity contribution in [3.8, 4) is 0 Å². The molecule has 19 heavy (non-hydrogen) atoms. The highest BCUT2D eigenvalue weighted by atomic mass is 16.6. The van der Waals surface area contributed by atoms with E-state index in [1.54, 1.807) is 20.8 Å². The highest BCUT2D eigenvalue weighted by molar-refractivity contribution is 5.80. The normalized spacial score (nSPS) is 13.5. The molecule has 1 aromatic rings. The van der Waals surface area contributed by atoms with Crippen LogP contribution in [0.3, 0.4) is 0 Å². The molecule has 1 aromatic carbocycles. The zero-order chi connectivity index (χ0) is 14.3. The lowest BCUT2D eigenvalue weighted by Gasteiger charge is -2.17. The first-order chi connectivity index (χ1) is 8.90. The first kappa shape index (κ1) is 15.4. The molecule has 1 rings (SSSR count). The number of aliphatic hydroxyl groups excluding tert-OH is 1. The minimum Gasteiger partial charge on any atom is -0.442 e. The quantitative estimate of drug-likeness (QED) is 0.850. The maximum Gasteiger partial charge on any atom is 0.433 e. The molecule has 0 aliphatic heterocycles. The molecular formula is C15H21NO3. The van der Waals surface area contributed by atoms with Gasteiger partial charge in [0.1, 0.15) is 5.60 Å². The second-order valence-electron chi connectivity index (χ2n) is 5.39. The van der Waals surface area contributed by atoms with Crippen LogP contribution in [0.1, 0.15) is 26.3 Å². The Morgan fingerprint density at radius 1 is 1.37 bits per heavy atom. The monoisotopic (exact) mass is 263 g/mol. The summed E-state index contributed by atoms with van der Waals surface area (Å²) in [6, 6.07) is 9.77. The molecule has 1 amide bonds. The zero-order valence-electron chi connectivity index (χ0n) is 11.7. The van der Waals surface area contributed by atoms with Gasteiger partial charge in [0.2, 0.25) is 0 Å². The van der Waals surface area contributed by atoms with Gasteiger partial charge in [-0.1, -0.05) is 30.3 Å². The van der Waals surface area contributed by atoms with Crippen LogP contribution in [0.4, 0.5) is 4.79 Å². The molecule has 0 aromatic heterocycles. The molecule has 4 nitrogen and oxygen atoms in total. The summed E-state index contributed by atoms with van der Waals surface area (Å²) in [7, 11) is 0. The van der Waals surface area contributed by atoms with Crippen molar-refractivity contribution in [1.82, 2.24) is 0 Å². The zero-order valence-corrected chi connectivity index (χ0v) is 11.7. The third-order valence-electron chi connectivity index (χ3n) is 2.36. The molecule has 0 aliphatic carbocycles. The molecule has 4 heteroatoms. The molecule has 0 unspecified atom stereocenters. The van der Waals surface area contributed by atoms with E-state index in [0.29, 0.717) is 6.42 Å². The van der Waals surface area contributed by atoms with Crippen LogP contribution in [0.15, 0.2) is 35.3 Å². The summed E-state index contributed by atoms with van der Waals surface area (Å²) < 4.78 is 5.06. The lowest BCUT2D eigenvalue weighted by Crippen LogP contribution is -2.22. The van der Waals surface area contributed by atoms with Crippen LogP contribution in [0.5, 0.6) is 0 Å². The van der Waals surface area contributed by atoms with Gasteiger partial charge >= 0.3 is 6.09 Å². The minimum absolute atomic E-state index is 0.0544. The molecular weight excluding hydrogens is 242 g/mol. The van der Waals surface area contributed by atoms with Crippen molar-refractivity contribution in [2.24, 2.45) is 10.9 Å².